The Morgan fingerprint density at radius 3 is 1.98 bits per heavy atom. The molecule has 0 aliphatic heterocycles. The number of hydrogen-bond donors (Lipinski definition) is 4. The number of benzene rings is 5. The molecule has 5 rings (SSSR count). The van der Waals surface area contributed by atoms with Gasteiger partial charge in [0.1, 0.15) is 11.8 Å². The molecule has 0 bridgehead atoms. The summed E-state index contributed by atoms with van der Waals surface area (Å²) in [4.78, 5) is 29.4. The van der Waals surface area contributed by atoms with Crippen molar-refractivity contribution in [1.82, 2.24) is 5.32 Å². The van der Waals surface area contributed by atoms with Crippen LogP contribution in [0.25, 0.3) is 0 Å². The number of carbonyl (C=O) groups is 2. The minimum Gasteiger partial charge on any atom is -0.497 e. The van der Waals surface area contributed by atoms with Gasteiger partial charge in [-0.05, 0) is 96.5 Å². The number of rotatable bonds is 18. The maximum Gasteiger partial charge on any atom is 0.246 e. The zero-order valence-electron chi connectivity index (χ0n) is 30.0. The summed E-state index contributed by atoms with van der Waals surface area (Å²) in [7, 11) is 1.65. The van der Waals surface area contributed by atoms with Gasteiger partial charge in [-0.25, -0.2) is 0 Å². The SMILES string of the molecule is COc1ccc(N(CCCC[C@H](NC(=O)C[C@@H](N)Cc2ccc(C#N)cc2)C(=O)Nc2ccc(CO)cc2)C(c2ccccc2)c2ccccc2)cc1. The van der Waals surface area contributed by atoms with E-state index in [0.717, 1.165) is 40.1 Å². The fourth-order valence-corrected chi connectivity index (χ4v) is 6.41. The topological polar surface area (TPSA) is 141 Å². The number of hydrogen-bond acceptors (Lipinski definition) is 7. The van der Waals surface area contributed by atoms with Crippen LogP contribution in [0.5, 0.6) is 5.75 Å². The molecule has 272 valence electrons. The number of carbonyl (C=O) groups excluding carboxylic acids is 2. The van der Waals surface area contributed by atoms with E-state index in [0.29, 0.717) is 37.1 Å². The number of ether oxygens (including phenoxy) is 1. The van der Waals surface area contributed by atoms with Crippen molar-refractivity contribution in [3.05, 3.63) is 161 Å². The number of methoxy groups -OCH3 is 1. The largest absolute Gasteiger partial charge is 0.497 e. The van der Waals surface area contributed by atoms with Gasteiger partial charge >= 0.3 is 0 Å². The number of nitrogens with zero attached hydrogens (tertiary/aromatic N) is 2. The van der Waals surface area contributed by atoms with Crippen LogP contribution in [0, 0.1) is 11.3 Å². The average Bonchev–Trinajstić information content (AvgIpc) is 3.19. The van der Waals surface area contributed by atoms with Crippen LogP contribution in [0.3, 0.4) is 0 Å². The third kappa shape index (κ3) is 11.3. The number of amides is 2. The van der Waals surface area contributed by atoms with Gasteiger partial charge in [0.25, 0.3) is 0 Å². The molecular formula is C44H47N5O4. The van der Waals surface area contributed by atoms with Gasteiger partial charge in [-0.15, -0.1) is 0 Å². The molecule has 53 heavy (non-hydrogen) atoms. The number of nitriles is 1. The van der Waals surface area contributed by atoms with Gasteiger partial charge in [0.05, 0.1) is 31.4 Å². The third-order valence-corrected chi connectivity index (χ3v) is 9.17. The maximum atomic E-state index is 13.7. The second-order valence-corrected chi connectivity index (χ2v) is 13.1. The Hall–Kier alpha value is -5.95. The Morgan fingerprint density at radius 2 is 1.42 bits per heavy atom. The molecule has 2 amide bonds. The van der Waals surface area contributed by atoms with E-state index >= 15 is 0 Å². The third-order valence-electron chi connectivity index (χ3n) is 9.17. The van der Waals surface area contributed by atoms with Crippen molar-refractivity contribution in [2.75, 3.05) is 23.9 Å². The van der Waals surface area contributed by atoms with Crippen LogP contribution in [-0.2, 0) is 22.6 Å². The number of nitrogens with one attached hydrogen (secondary N) is 2. The molecule has 0 saturated carbocycles. The van der Waals surface area contributed by atoms with Crippen molar-refractivity contribution in [2.45, 2.75) is 56.8 Å². The fourth-order valence-electron chi connectivity index (χ4n) is 6.41. The molecule has 5 N–H and O–H groups in total. The second-order valence-electron chi connectivity index (χ2n) is 13.1. The molecule has 0 aromatic heterocycles. The minimum atomic E-state index is -0.796. The highest BCUT2D eigenvalue weighted by atomic mass is 16.5. The van der Waals surface area contributed by atoms with Crippen LogP contribution in [0.2, 0.25) is 0 Å². The maximum absolute atomic E-state index is 13.7. The first-order valence-electron chi connectivity index (χ1n) is 17.9. The molecule has 0 heterocycles. The molecular weight excluding hydrogens is 663 g/mol. The average molecular weight is 710 g/mol. The number of unbranched alkanes of at least 4 members (excludes halogenated alkanes) is 1. The van der Waals surface area contributed by atoms with E-state index < -0.39 is 12.1 Å². The highest BCUT2D eigenvalue weighted by Gasteiger charge is 2.25. The number of nitrogens with two attached hydrogens (primary N) is 1. The molecule has 5 aromatic rings. The molecule has 0 unspecified atom stereocenters. The van der Waals surface area contributed by atoms with Crippen molar-refractivity contribution < 1.29 is 19.4 Å². The zero-order valence-corrected chi connectivity index (χ0v) is 30.0. The lowest BCUT2D eigenvalue weighted by Crippen LogP contribution is -2.45. The van der Waals surface area contributed by atoms with E-state index in [9.17, 15) is 14.7 Å². The Labute approximate surface area is 312 Å². The van der Waals surface area contributed by atoms with E-state index in [1.165, 1.54) is 0 Å². The predicted molar refractivity (Wildman–Crippen MR) is 209 cm³/mol. The molecule has 0 spiro atoms. The Morgan fingerprint density at radius 1 is 0.811 bits per heavy atom. The van der Waals surface area contributed by atoms with Gasteiger partial charge in [-0.1, -0.05) is 84.9 Å². The second kappa shape index (κ2) is 19.6. The van der Waals surface area contributed by atoms with E-state index in [1.807, 2.05) is 36.4 Å². The monoisotopic (exact) mass is 709 g/mol. The summed E-state index contributed by atoms with van der Waals surface area (Å²) in [6.45, 7) is 0.583. The lowest BCUT2D eigenvalue weighted by molar-refractivity contribution is -0.126. The van der Waals surface area contributed by atoms with Crippen molar-refractivity contribution in [3.63, 3.8) is 0 Å². The Kier molecular flexibility index (Phi) is 14.2. The molecule has 0 aliphatic carbocycles. The standard InChI is InChI=1S/C44H47N5O4/c1-53-40-25-23-39(24-26-40)49(43(35-10-4-2-5-11-35)36-12-6-3-7-13-36)27-9-8-14-41(44(52)47-38-21-19-34(31-50)20-22-38)48-42(51)29-37(46)28-32-15-17-33(30-45)18-16-32/h2-7,10-13,15-26,37,41,43,50H,8-9,14,27-29,31,46H2,1H3,(H,47,52)(H,48,51)/t37-,41-/m0/s1. The summed E-state index contributed by atoms with van der Waals surface area (Å²) in [5, 5.41) is 24.4. The van der Waals surface area contributed by atoms with E-state index in [1.54, 1.807) is 43.5 Å². The summed E-state index contributed by atoms with van der Waals surface area (Å²) in [6.07, 6.45) is 2.30. The summed E-state index contributed by atoms with van der Waals surface area (Å²) in [5.41, 5.74) is 12.5. The van der Waals surface area contributed by atoms with Gasteiger partial charge in [0, 0.05) is 30.4 Å². The first-order valence-corrected chi connectivity index (χ1v) is 17.9. The van der Waals surface area contributed by atoms with Crippen LogP contribution < -0.4 is 26.0 Å². The first kappa shape index (κ1) is 38.3. The van der Waals surface area contributed by atoms with Crippen LogP contribution in [0.15, 0.2) is 133 Å². The molecule has 5 aromatic carbocycles. The van der Waals surface area contributed by atoms with Crippen molar-refractivity contribution >= 4 is 23.2 Å². The summed E-state index contributed by atoms with van der Waals surface area (Å²) in [5.74, 6) is 0.140. The van der Waals surface area contributed by atoms with Crippen molar-refractivity contribution in [2.24, 2.45) is 5.73 Å². The van der Waals surface area contributed by atoms with Gasteiger partial charge < -0.3 is 31.1 Å². The van der Waals surface area contributed by atoms with Crippen LogP contribution >= 0.6 is 0 Å². The lowest BCUT2D eigenvalue weighted by atomic mass is 9.95. The zero-order chi connectivity index (χ0) is 37.4. The lowest BCUT2D eigenvalue weighted by Gasteiger charge is -2.35. The van der Waals surface area contributed by atoms with Crippen LogP contribution in [0.1, 0.15) is 59.5 Å². The van der Waals surface area contributed by atoms with Crippen molar-refractivity contribution in [1.29, 1.82) is 5.26 Å². The van der Waals surface area contributed by atoms with E-state index in [-0.39, 0.29) is 30.9 Å². The minimum absolute atomic E-state index is 0.0378. The summed E-state index contributed by atoms with van der Waals surface area (Å²) in [6, 6.07) is 43.7. The first-order chi connectivity index (χ1) is 25.9. The molecule has 9 heteroatoms. The number of aliphatic hydroxyl groups is 1. The van der Waals surface area contributed by atoms with E-state index in [2.05, 4.69) is 82.3 Å². The highest BCUT2D eigenvalue weighted by Crippen LogP contribution is 2.34. The number of anilines is 2. The van der Waals surface area contributed by atoms with Gasteiger partial charge in [-0.3, -0.25) is 9.59 Å². The summed E-state index contributed by atoms with van der Waals surface area (Å²) >= 11 is 0. The smallest absolute Gasteiger partial charge is 0.246 e. The van der Waals surface area contributed by atoms with E-state index in [4.69, 9.17) is 15.7 Å². The molecule has 9 nitrogen and oxygen atoms in total. The van der Waals surface area contributed by atoms with Gasteiger partial charge in [0.2, 0.25) is 11.8 Å². The molecule has 2 atom stereocenters. The van der Waals surface area contributed by atoms with Gasteiger partial charge in [-0.2, -0.15) is 5.26 Å². The quantitative estimate of drug-likeness (QED) is 0.0725. The van der Waals surface area contributed by atoms with Gasteiger partial charge in [0.15, 0.2) is 0 Å². The molecule has 0 radical (unpaired) electrons. The molecule has 0 fully saturated rings. The van der Waals surface area contributed by atoms with Crippen LogP contribution in [0.4, 0.5) is 11.4 Å². The highest BCUT2D eigenvalue weighted by molar-refractivity contribution is 5.97. The van der Waals surface area contributed by atoms with Crippen LogP contribution in [-0.4, -0.2) is 42.7 Å². The van der Waals surface area contributed by atoms with Crippen molar-refractivity contribution in [3.8, 4) is 11.8 Å². The fraction of sp³-hybridized carbons (Fsp3) is 0.250. The number of aliphatic hydroxyl groups excluding tert-OH is 1. The predicted octanol–water partition coefficient (Wildman–Crippen LogP) is 6.91. The normalized spacial score (nSPS) is 12.0. The Bertz CT molecular complexity index is 1870. The Balaban J connectivity index is 1.31. The summed E-state index contributed by atoms with van der Waals surface area (Å²) < 4.78 is 5.45. The molecule has 0 aliphatic rings. The molecule has 0 saturated heterocycles.